The van der Waals surface area contributed by atoms with Gasteiger partial charge in [0, 0.05) is 63.3 Å². The molecule has 0 aliphatic heterocycles. The molecular formula is C48H30N2S2. The van der Waals surface area contributed by atoms with Crippen LogP contribution >= 0.6 is 22.7 Å². The number of hydrogen-bond donors (Lipinski definition) is 0. The number of rotatable bonds is 3. The lowest BCUT2D eigenvalue weighted by Crippen LogP contribution is -2.19. The van der Waals surface area contributed by atoms with Crippen molar-refractivity contribution in [1.82, 2.24) is 0 Å². The lowest BCUT2D eigenvalue weighted by atomic mass is 9.68. The van der Waals surface area contributed by atoms with Gasteiger partial charge in [-0.1, -0.05) is 91.9 Å². The summed E-state index contributed by atoms with van der Waals surface area (Å²) in [6.07, 6.45) is 0. The van der Waals surface area contributed by atoms with Gasteiger partial charge in [-0.15, -0.1) is 22.7 Å². The summed E-state index contributed by atoms with van der Waals surface area (Å²) in [5.74, 6) is 0.0303. The van der Waals surface area contributed by atoms with E-state index in [0.29, 0.717) is 11.1 Å². The molecule has 2 nitrogen and oxygen atoms in total. The highest BCUT2D eigenvalue weighted by Crippen LogP contribution is 2.51. The summed E-state index contributed by atoms with van der Waals surface area (Å²) < 4.78 is 4.94. The number of fused-ring (bicyclic) bond motifs is 8. The molecule has 0 fully saturated rings. The molecule has 7 aromatic carbocycles. The molecule has 1 aliphatic carbocycles. The Balaban J connectivity index is 1.24. The number of aryl methyl sites for hydroxylation is 1. The van der Waals surface area contributed by atoms with Crippen molar-refractivity contribution in [1.29, 1.82) is 10.5 Å². The third kappa shape index (κ3) is 4.45. The highest BCUT2D eigenvalue weighted by molar-refractivity contribution is 7.26. The van der Waals surface area contributed by atoms with Crippen LogP contribution in [0.15, 0.2) is 133 Å². The van der Waals surface area contributed by atoms with Crippen molar-refractivity contribution >= 4 is 63.0 Å². The molecule has 0 radical (unpaired) electrons. The van der Waals surface area contributed by atoms with Gasteiger partial charge in [0.05, 0.1) is 23.3 Å². The Morgan fingerprint density at radius 3 is 1.56 bits per heavy atom. The van der Waals surface area contributed by atoms with Crippen LogP contribution in [0.1, 0.15) is 63.3 Å². The predicted octanol–water partition coefficient (Wildman–Crippen LogP) is 13.5. The Kier molecular flexibility index (Phi) is 6.95. The first-order valence-electron chi connectivity index (χ1n) is 17.6. The van der Waals surface area contributed by atoms with Gasteiger partial charge < -0.3 is 0 Å². The first-order valence-corrected chi connectivity index (χ1v) is 19.2. The standard InChI is InChI=1S/C48H30N2S2/c1-27-21-29(25-49)39(33-15-9-19-44-47(33)35-13-5-7-17-42(35)51-44)23-37(27)46-32-12-4-3-11-31(32)28(2)38-24-40(30(26-50)22-41(38)46)34-16-10-20-45-48(34)36-14-6-8-18-43(36)52-45/h3-24,28,46H,1-2H3. The van der Waals surface area contributed by atoms with E-state index in [4.69, 9.17) is 0 Å². The molecular weight excluding hydrogens is 669 g/mol. The van der Waals surface area contributed by atoms with Crippen LogP contribution in [0.3, 0.4) is 0 Å². The zero-order chi connectivity index (χ0) is 35.1. The van der Waals surface area contributed by atoms with Gasteiger partial charge >= 0.3 is 0 Å². The van der Waals surface area contributed by atoms with E-state index in [1.54, 1.807) is 22.7 Å². The summed E-state index contributed by atoms with van der Waals surface area (Å²) >= 11 is 3.60. The molecule has 2 aromatic heterocycles. The maximum Gasteiger partial charge on any atom is 0.0998 e. The van der Waals surface area contributed by atoms with E-state index in [9.17, 15) is 10.5 Å². The summed E-state index contributed by atoms with van der Waals surface area (Å²) in [6, 6.07) is 52.8. The molecule has 2 unspecified atom stereocenters. The van der Waals surface area contributed by atoms with Crippen molar-refractivity contribution in [2.75, 3.05) is 0 Å². The molecule has 0 bridgehead atoms. The van der Waals surface area contributed by atoms with Crippen LogP contribution in [0.4, 0.5) is 0 Å². The van der Waals surface area contributed by atoms with Crippen LogP contribution in [0.5, 0.6) is 0 Å². The van der Waals surface area contributed by atoms with Gasteiger partial charge in [0.25, 0.3) is 0 Å². The van der Waals surface area contributed by atoms with Gasteiger partial charge in [-0.2, -0.15) is 10.5 Å². The number of nitriles is 2. The maximum atomic E-state index is 10.8. The quantitative estimate of drug-likeness (QED) is 0.184. The third-order valence-corrected chi connectivity index (χ3v) is 13.4. The second-order valence-corrected chi connectivity index (χ2v) is 16.0. The van der Waals surface area contributed by atoms with Crippen molar-refractivity contribution in [3.8, 4) is 34.4 Å². The molecule has 2 atom stereocenters. The molecule has 2 heterocycles. The van der Waals surface area contributed by atoms with E-state index < -0.39 is 0 Å². The van der Waals surface area contributed by atoms with E-state index in [1.165, 1.54) is 57.0 Å². The van der Waals surface area contributed by atoms with Crippen molar-refractivity contribution < 1.29 is 0 Å². The Bertz CT molecular complexity index is 3040. The van der Waals surface area contributed by atoms with E-state index in [-0.39, 0.29) is 11.8 Å². The third-order valence-electron chi connectivity index (χ3n) is 11.1. The summed E-state index contributed by atoms with van der Waals surface area (Å²) in [5, 5.41) is 26.2. The van der Waals surface area contributed by atoms with Crippen LogP contribution in [-0.2, 0) is 0 Å². The average molecular weight is 699 g/mol. The van der Waals surface area contributed by atoms with Crippen LogP contribution in [-0.4, -0.2) is 0 Å². The van der Waals surface area contributed by atoms with Crippen molar-refractivity contribution in [3.63, 3.8) is 0 Å². The van der Waals surface area contributed by atoms with Crippen LogP contribution in [0.25, 0.3) is 62.6 Å². The fraction of sp³-hybridized carbons (Fsp3) is 0.0833. The topological polar surface area (TPSA) is 47.6 Å². The SMILES string of the molecule is Cc1cc(C#N)c(-c2cccc3sc4ccccc4c23)cc1C1c2ccccc2C(C)c2cc(-c3cccc4sc5ccccc5c34)c(C#N)cc21. The van der Waals surface area contributed by atoms with Gasteiger partial charge in [-0.05, 0) is 100.0 Å². The average Bonchev–Trinajstić information content (AvgIpc) is 3.77. The smallest absolute Gasteiger partial charge is 0.0998 e. The fourth-order valence-electron chi connectivity index (χ4n) is 8.76. The van der Waals surface area contributed by atoms with Gasteiger partial charge in [-0.25, -0.2) is 0 Å². The number of nitrogens with zero attached hydrogens (tertiary/aromatic N) is 2. The van der Waals surface area contributed by atoms with E-state index in [2.05, 4.69) is 159 Å². The minimum atomic E-state index is -0.105. The molecule has 52 heavy (non-hydrogen) atoms. The maximum absolute atomic E-state index is 10.8. The first kappa shape index (κ1) is 30.8. The summed E-state index contributed by atoms with van der Waals surface area (Å²) in [6.45, 7) is 4.42. The monoisotopic (exact) mass is 698 g/mol. The molecule has 9 aromatic rings. The largest absolute Gasteiger partial charge is 0.192 e. The summed E-state index contributed by atoms with van der Waals surface area (Å²) in [7, 11) is 0. The van der Waals surface area contributed by atoms with Crippen molar-refractivity contribution in [2.45, 2.75) is 25.7 Å². The van der Waals surface area contributed by atoms with Crippen LogP contribution in [0.2, 0.25) is 0 Å². The summed E-state index contributed by atoms with van der Waals surface area (Å²) in [4.78, 5) is 0. The molecule has 1 aliphatic rings. The predicted molar refractivity (Wildman–Crippen MR) is 219 cm³/mol. The Morgan fingerprint density at radius 1 is 0.462 bits per heavy atom. The molecule has 4 heteroatoms. The van der Waals surface area contributed by atoms with Gasteiger partial charge in [0.2, 0.25) is 0 Å². The van der Waals surface area contributed by atoms with E-state index >= 15 is 0 Å². The number of thiophene rings is 2. The Morgan fingerprint density at radius 2 is 0.962 bits per heavy atom. The lowest BCUT2D eigenvalue weighted by molar-refractivity contribution is 0.791. The van der Waals surface area contributed by atoms with Crippen LogP contribution in [0, 0.1) is 29.6 Å². The van der Waals surface area contributed by atoms with Crippen LogP contribution < -0.4 is 0 Å². The molecule has 0 amide bonds. The highest BCUT2D eigenvalue weighted by atomic mass is 32.1. The van der Waals surface area contributed by atoms with E-state index in [0.717, 1.165) is 38.9 Å². The molecule has 0 spiro atoms. The zero-order valence-electron chi connectivity index (χ0n) is 28.6. The highest BCUT2D eigenvalue weighted by Gasteiger charge is 2.34. The molecule has 0 saturated heterocycles. The van der Waals surface area contributed by atoms with E-state index in [1.807, 2.05) is 0 Å². The zero-order valence-corrected chi connectivity index (χ0v) is 30.2. The molecule has 244 valence electrons. The Labute approximate surface area is 310 Å². The summed E-state index contributed by atoms with van der Waals surface area (Å²) in [5.41, 5.74) is 12.6. The van der Waals surface area contributed by atoms with Crippen molar-refractivity contribution in [3.05, 3.63) is 178 Å². The minimum absolute atomic E-state index is 0.105. The second kappa shape index (κ2) is 11.8. The van der Waals surface area contributed by atoms with Gasteiger partial charge in [0.15, 0.2) is 0 Å². The molecule has 10 rings (SSSR count). The minimum Gasteiger partial charge on any atom is -0.192 e. The van der Waals surface area contributed by atoms with Crippen molar-refractivity contribution in [2.24, 2.45) is 0 Å². The molecule has 0 N–H and O–H groups in total. The van der Waals surface area contributed by atoms with Gasteiger partial charge in [-0.3, -0.25) is 0 Å². The molecule has 0 saturated carbocycles. The fourth-order valence-corrected chi connectivity index (χ4v) is 11.0. The number of hydrogen-bond acceptors (Lipinski definition) is 4. The number of benzene rings is 7. The lowest BCUT2D eigenvalue weighted by Gasteiger charge is -2.35. The Hall–Kier alpha value is -6.04. The normalized spacial score (nSPS) is 15.1. The second-order valence-electron chi connectivity index (χ2n) is 13.8. The van der Waals surface area contributed by atoms with Gasteiger partial charge in [0.1, 0.15) is 0 Å². The first-order chi connectivity index (χ1) is 25.5.